The highest BCUT2D eigenvalue weighted by molar-refractivity contribution is 5.96. The Balaban J connectivity index is 1.01. The molecule has 2 aromatic heterocycles. The van der Waals surface area contributed by atoms with Gasteiger partial charge in [0.25, 0.3) is 5.91 Å². The van der Waals surface area contributed by atoms with Gasteiger partial charge >= 0.3 is 0 Å². The first-order valence-corrected chi connectivity index (χ1v) is 11.6. The molecule has 2 fully saturated rings. The van der Waals surface area contributed by atoms with Crippen LogP contribution < -0.4 is 20.9 Å². The maximum absolute atomic E-state index is 12.4. The van der Waals surface area contributed by atoms with Gasteiger partial charge in [0.2, 0.25) is 11.8 Å². The Bertz CT molecular complexity index is 1200. The van der Waals surface area contributed by atoms with E-state index in [4.69, 9.17) is 0 Å². The highest BCUT2D eigenvalue weighted by Gasteiger charge is 2.33. The lowest BCUT2D eigenvalue weighted by molar-refractivity contribution is -0.125. The van der Waals surface area contributed by atoms with Crippen molar-refractivity contribution in [1.29, 1.82) is 0 Å². The normalized spacial score (nSPS) is 15.3. The summed E-state index contributed by atoms with van der Waals surface area (Å²) in [6.07, 6.45) is 6.86. The van der Waals surface area contributed by atoms with Crippen LogP contribution in [0.5, 0.6) is 0 Å². The number of nitrogens with zero attached hydrogens (tertiary/aromatic N) is 5. The van der Waals surface area contributed by atoms with Crippen molar-refractivity contribution >= 4 is 29.2 Å². The SMILES string of the molecule is O=C(NCCNC(=O)C1CN(c2cc(-n3cccn3)ncn2)C1)c1ccc(NC(=O)C2CC2)cc1. The molecule has 1 saturated carbocycles. The Hall–Kier alpha value is -4.28. The fourth-order valence-electron chi connectivity index (χ4n) is 3.77. The molecule has 3 amide bonds. The summed E-state index contributed by atoms with van der Waals surface area (Å²) in [5.74, 6) is 1.17. The second kappa shape index (κ2) is 9.92. The molecule has 5 rings (SSSR count). The third-order valence-electron chi connectivity index (χ3n) is 6.03. The maximum Gasteiger partial charge on any atom is 0.251 e. The van der Waals surface area contributed by atoms with E-state index in [9.17, 15) is 14.4 Å². The third kappa shape index (κ3) is 5.45. The second-order valence-corrected chi connectivity index (χ2v) is 8.67. The quantitative estimate of drug-likeness (QED) is 0.394. The molecule has 35 heavy (non-hydrogen) atoms. The lowest BCUT2D eigenvalue weighted by Gasteiger charge is -2.39. The highest BCUT2D eigenvalue weighted by Crippen LogP contribution is 2.30. The van der Waals surface area contributed by atoms with Crippen LogP contribution in [0.15, 0.2) is 55.1 Å². The van der Waals surface area contributed by atoms with Crippen LogP contribution in [-0.2, 0) is 9.59 Å². The minimum absolute atomic E-state index is 0.0311. The Kier molecular flexibility index (Phi) is 6.38. The number of amides is 3. The van der Waals surface area contributed by atoms with Gasteiger partial charge in [-0.2, -0.15) is 5.10 Å². The van der Waals surface area contributed by atoms with E-state index in [-0.39, 0.29) is 29.6 Å². The Morgan fingerprint density at radius 1 is 0.914 bits per heavy atom. The smallest absolute Gasteiger partial charge is 0.251 e. The summed E-state index contributed by atoms with van der Waals surface area (Å²) in [6.45, 7) is 1.79. The number of carbonyl (C=O) groups excluding carboxylic acids is 3. The third-order valence-corrected chi connectivity index (χ3v) is 6.03. The molecule has 0 radical (unpaired) electrons. The van der Waals surface area contributed by atoms with Gasteiger partial charge in [-0.15, -0.1) is 0 Å². The monoisotopic (exact) mass is 474 g/mol. The van der Waals surface area contributed by atoms with Gasteiger partial charge in [0.05, 0.1) is 5.92 Å². The molecule has 11 heteroatoms. The molecule has 0 spiro atoms. The maximum atomic E-state index is 12.4. The zero-order valence-electron chi connectivity index (χ0n) is 19.1. The number of benzene rings is 1. The second-order valence-electron chi connectivity index (χ2n) is 8.67. The zero-order valence-corrected chi connectivity index (χ0v) is 19.1. The number of hydrogen-bond acceptors (Lipinski definition) is 7. The van der Waals surface area contributed by atoms with Gasteiger partial charge in [-0.1, -0.05) is 0 Å². The van der Waals surface area contributed by atoms with Gasteiger partial charge in [-0.05, 0) is 43.2 Å². The van der Waals surface area contributed by atoms with Crippen LogP contribution in [-0.4, -0.2) is 63.6 Å². The summed E-state index contributed by atoms with van der Waals surface area (Å²) in [6, 6.07) is 10.4. The van der Waals surface area contributed by atoms with Crippen LogP contribution >= 0.6 is 0 Å². The van der Waals surface area contributed by atoms with Crippen LogP contribution in [0, 0.1) is 11.8 Å². The molecular formula is C24H26N8O3. The van der Waals surface area contributed by atoms with E-state index in [0.717, 1.165) is 18.7 Å². The van der Waals surface area contributed by atoms with E-state index < -0.39 is 0 Å². The summed E-state index contributed by atoms with van der Waals surface area (Å²) >= 11 is 0. The fourth-order valence-corrected chi connectivity index (χ4v) is 3.77. The van der Waals surface area contributed by atoms with Crippen LogP contribution in [0.2, 0.25) is 0 Å². The van der Waals surface area contributed by atoms with Gasteiger partial charge in [0.1, 0.15) is 12.1 Å². The largest absolute Gasteiger partial charge is 0.355 e. The molecule has 0 bridgehead atoms. The molecule has 0 atom stereocenters. The minimum Gasteiger partial charge on any atom is -0.355 e. The van der Waals surface area contributed by atoms with E-state index >= 15 is 0 Å². The minimum atomic E-state index is -0.231. The summed E-state index contributed by atoms with van der Waals surface area (Å²) in [5, 5.41) is 12.7. The Morgan fingerprint density at radius 2 is 1.66 bits per heavy atom. The van der Waals surface area contributed by atoms with Gasteiger partial charge in [-0.25, -0.2) is 14.6 Å². The van der Waals surface area contributed by atoms with Gasteiger partial charge in [0, 0.05) is 61.8 Å². The van der Waals surface area contributed by atoms with Crippen molar-refractivity contribution in [2.24, 2.45) is 11.8 Å². The predicted molar refractivity (Wildman–Crippen MR) is 128 cm³/mol. The summed E-state index contributed by atoms with van der Waals surface area (Å²) < 4.78 is 1.66. The number of nitrogens with one attached hydrogen (secondary N) is 3. The molecule has 1 saturated heterocycles. The van der Waals surface area contributed by atoms with E-state index in [1.165, 1.54) is 6.33 Å². The van der Waals surface area contributed by atoms with Crippen molar-refractivity contribution in [2.45, 2.75) is 12.8 Å². The molecule has 2 aliphatic rings. The van der Waals surface area contributed by atoms with Crippen LogP contribution in [0.4, 0.5) is 11.5 Å². The van der Waals surface area contributed by atoms with Crippen molar-refractivity contribution in [3.05, 3.63) is 60.7 Å². The van der Waals surface area contributed by atoms with Crippen LogP contribution in [0.25, 0.3) is 5.82 Å². The number of aromatic nitrogens is 4. The topological polar surface area (TPSA) is 134 Å². The van der Waals surface area contributed by atoms with Crippen molar-refractivity contribution in [3.63, 3.8) is 0 Å². The average molecular weight is 475 g/mol. The lowest BCUT2D eigenvalue weighted by Crippen LogP contribution is -2.54. The van der Waals surface area contributed by atoms with Crippen molar-refractivity contribution in [1.82, 2.24) is 30.4 Å². The Labute approximate surface area is 201 Å². The molecule has 1 aliphatic heterocycles. The molecule has 180 valence electrons. The summed E-state index contributed by atoms with van der Waals surface area (Å²) in [5.41, 5.74) is 1.18. The average Bonchev–Trinajstić information content (AvgIpc) is 3.55. The summed E-state index contributed by atoms with van der Waals surface area (Å²) in [7, 11) is 0. The number of anilines is 2. The molecular weight excluding hydrogens is 448 g/mol. The molecule has 3 heterocycles. The Morgan fingerprint density at radius 3 is 2.37 bits per heavy atom. The standard InChI is InChI=1S/C24H26N8O3/c33-22(16-4-6-19(7-5-16)30-24(35)17-2-3-17)25-9-10-26-23(34)18-13-31(14-18)20-12-21(28-15-27-20)32-11-1-8-29-32/h1,4-8,11-12,15,17-18H,2-3,9-10,13-14H2,(H,25,33)(H,26,34)(H,30,35). The van der Waals surface area contributed by atoms with Crippen LogP contribution in [0.3, 0.4) is 0 Å². The molecule has 11 nitrogen and oxygen atoms in total. The first-order chi connectivity index (χ1) is 17.1. The molecule has 3 N–H and O–H groups in total. The lowest BCUT2D eigenvalue weighted by atomic mass is 9.99. The molecule has 1 aromatic carbocycles. The van der Waals surface area contributed by atoms with E-state index in [2.05, 4.69) is 31.0 Å². The first kappa shape index (κ1) is 22.5. The van der Waals surface area contributed by atoms with Crippen molar-refractivity contribution in [2.75, 3.05) is 36.4 Å². The number of hydrogen-bond donors (Lipinski definition) is 3. The molecule has 3 aromatic rings. The van der Waals surface area contributed by atoms with Crippen molar-refractivity contribution < 1.29 is 14.4 Å². The highest BCUT2D eigenvalue weighted by atomic mass is 16.2. The van der Waals surface area contributed by atoms with Gasteiger partial charge in [0.15, 0.2) is 5.82 Å². The fraction of sp³-hybridized carbons (Fsp3) is 0.333. The predicted octanol–water partition coefficient (Wildman–Crippen LogP) is 0.993. The first-order valence-electron chi connectivity index (χ1n) is 11.6. The van der Waals surface area contributed by atoms with Crippen molar-refractivity contribution in [3.8, 4) is 5.82 Å². The summed E-state index contributed by atoms with van der Waals surface area (Å²) in [4.78, 5) is 47.1. The molecule has 1 aliphatic carbocycles. The van der Waals surface area contributed by atoms with Crippen LogP contribution in [0.1, 0.15) is 23.2 Å². The van der Waals surface area contributed by atoms with E-state index in [1.54, 1.807) is 35.1 Å². The van der Waals surface area contributed by atoms with E-state index in [1.807, 2.05) is 23.2 Å². The van der Waals surface area contributed by atoms with Gasteiger partial charge < -0.3 is 20.9 Å². The zero-order chi connectivity index (χ0) is 24.2. The molecule has 0 unspecified atom stereocenters. The number of carbonyl (C=O) groups is 3. The van der Waals surface area contributed by atoms with E-state index in [0.29, 0.717) is 43.2 Å². The van der Waals surface area contributed by atoms with Gasteiger partial charge in [-0.3, -0.25) is 14.4 Å². The number of rotatable bonds is 9.